The van der Waals surface area contributed by atoms with Crippen LogP contribution < -0.4 is 9.05 Å². The van der Waals surface area contributed by atoms with Crippen molar-refractivity contribution in [1.82, 2.24) is 0 Å². The molecule has 0 fully saturated rings. The second kappa shape index (κ2) is 32.7. The molecular formula is C48H83O3P. The van der Waals surface area contributed by atoms with Gasteiger partial charge in [-0.25, -0.2) is 4.57 Å². The fraction of sp³-hybridized carbons (Fsp3) is 0.750. The highest BCUT2D eigenvalue weighted by molar-refractivity contribution is 7.34. The number of unbranched alkanes of at least 4 members (excludes halogenated alkanes) is 24. The van der Waals surface area contributed by atoms with Crippen LogP contribution in [0.2, 0.25) is 0 Å². The van der Waals surface area contributed by atoms with Crippen molar-refractivity contribution in [1.29, 1.82) is 0 Å². The van der Waals surface area contributed by atoms with Gasteiger partial charge in [-0.3, -0.25) is 0 Å². The van der Waals surface area contributed by atoms with Crippen LogP contribution in [0, 0.1) is 0 Å². The SMILES string of the molecule is CCCCCCCCCc1cccc(O[PH](=O)Oc2cccc(CCCCCCCCC)c2CCCCCCCCC)c1CCCCCCCCC. The first-order valence-corrected chi connectivity index (χ1v) is 24.0. The number of hydrogen-bond donors (Lipinski definition) is 0. The van der Waals surface area contributed by atoms with Crippen LogP contribution in [0.1, 0.15) is 230 Å². The second-order valence-electron chi connectivity index (χ2n) is 15.7. The molecule has 0 aliphatic heterocycles. The number of aryl methyl sites for hydroxylation is 2. The van der Waals surface area contributed by atoms with Crippen molar-refractivity contribution in [2.24, 2.45) is 0 Å². The lowest BCUT2D eigenvalue weighted by molar-refractivity contribution is 0.410. The number of hydrogen-bond acceptors (Lipinski definition) is 3. The van der Waals surface area contributed by atoms with E-state index in [1.165, 1.54) is 189 Å². The Kier molecular flexibility index (Phi) is 29.2. The van der Waals surface area contributed by atoms with Gasteiger partial charge in [-0.1, -0.05) is 206 Å². The van der Waals surface area contributed by atoms with E-state index >= 15 is 0 Å². The molecule has 3 nitrogen and oxygen atoms in total. The molecule has 2 aromatic rings. The van der Waals surface area contributed by atoms with Gasteiger partial charge in [0.15, 0.2) is 0 Å². The van der Waals surface area contributed by atoms with Crippen LogP contribution in [0.15, 0.2) is 36.4 Å². The third kappa shape index (κ3) is 21.8. The van der Waals surface area contributed by atoms with E-state index in [4.69, 9.17) is 9.05 Å². The monoisotopic (exact) mass is 739 g/mol. The summed E-state index contributed by atoms with van der Waals surface area (Å²) in [6, 6.07) is 12.8. The maximum Gasteiger partial charge on any atom is 0.418 e. The molecule has 0 saturated carbocycles. The summed E-state index contributed by atoms with van der Waals surface area (Å²) in [5, 5.41) is 0. The first-order valence-electron chi connectivity index (χ1n) is 22.8. The molecule has 298 valence electrons. The highest BCUT2D eigenvalue weighted by atomic mass is 31.1. The molecule has 0 heterocycles. The van der Waals surface area contributed by atoms with Gasteiger partial charge in [-0.05, 0) is 85.8 Å². The Morgan fingerprint density at radius 2 is 0.635 bits per heavy atom. The van der Waals surface area contributed by atoms with Crippen molar-refractivity contribution in [3.05, 3.63) is 58.7 Å². The lowest BCUT2D eigenvalue weighted by atomic mass is 9.95. The average molecular weight is 739 g/mol. The van der Waals surface area contributed by atoms with Crippen molar-refractivity contribution in [3.63, 3.8) is 0 Å². The summed E-state index contributed by atoms with van der Waals surface area (Å²) in [5.74, 6) is 1.56. The fourth-order valence-corrected chi connectivity index (χ4v) is 8.50. The summed E-state index contributed by atoms with van der Waals surface area (Å²) in [5.41, 5.74) is 5.28. The van der Waals surface area contributed by atoms with Crippen LogP contribution in [0.25, 0.3) is 0 Å². The van der Waals surface area contributed by atoms with Crippen LogP contribution in [0.3, 0.4) is 0 Å². The standard InChI is InChI=1S/C48H83O3P/c1-5-9-13-17-21-25-29-35-43-37-33-41-47(45(43)39-31-27-23-19-15-11-7-3)50-52(49)51-48-42-34-38-44(36-30-26-22-18-14-10-6-2)46(48)40-32-28-24-20-16-12-8-4/h33-34,37-38,41-42,52H,5-32,35-36,39-40H2,1-4H3. The summed E-state index contributed by atoms with van der Waals surface area (Å²) in [6.07, 6.45) is 40.5. The molecule has 0 amide bonds. The molecule has 0 spiro atoms. The maximum atomic E-state index is 13.8. The minimum absolute atomic E-state index is 0.781. The first kappa shape index (κ1) is 46.4. The van der Waals surface area contributed by atoms with E-state index in [2.05, 4.69) is 52.0 Å². The van der Waals surface area contributed by atoms with Gasteiger partial charge in [0.1, 0.15) is 11.5 Å². The van der Waals surface area contributed by atoms with Crippen LogP contribution in [-0.4, -0.2) is 0 Å². The molecule has 2 aromatic carbocycles. The van der Waals surface area contributed by atoms with Gasteiger partial charge in [0.25, 0.3) is 0 Å². The smallest absolute Gasteiger partial charge is 0.418 e. The highest BCUT2D eigenvalue weighted by Crippen LogP contribution is 2.38. The topological polar surface area (TPSA) is 35.5 Å². The molecule has 0 aliphatic carbocycles. The molecule has 0 atom stereocenters. The molecule has 0 unspecified atom stereocenters. The third-order valence-corrected chi connectivity index (χ3v) is 11.8. The van der Waals surface area contributed by atoms with Crippen LogP contribution in [0.4, 0.5) is 0 Å². The van der Waals surface area contributed by atoms with Crippen molar-refractivity contribution >= 4 is 8.25 Å². The van der Waals surface area contributed by atoms with Gasteiger partial charge in [-0.2, -0.15) is 0 Å². The van der Waals surface area contributed by atoms with Crippen molar-refractivity contribution in [2.45, 2.75) is 233 Å². The molecule has 0 radical (unpaired) electrons. The Bertz CT molecular complexity index is 1060. The zero-order valence-corrected chi connectivity index (χ0v) is 35.8. The van der Waals surface area contributed by atoms with E-state index in [1.807, 2.05) is 12.1 Å². The predicted molar refractivity (Wildman–Crippen MR) is 230 cm³/mol. The summed E-state index contributed by atoms with van der Waals surface area (Å²) >= 11 is 0. The molecular weight excluding hydrogens is 655 g/mol. The minimum atomic E-state index is -2.79. The van der Waals surface area contributed by atoms with Gasteiger partial charge in [0.2, 0.25) is 0 Å². The van der Waals surface area contributed by atoms with Crippen molar-refractivity contribution < 1.29 is 13.6 Å². The molecule has 0 aromatic heterocycles. The zero-order chi connectivity index (χ0) is 37.3. The van der Waals surface area contributed by atoms with Crippen molar-refractivity contribution in [2.75, 3.05) is 0 Å². The molecule has 52 heavy (non-hydrogen) atoms. The lowest BCUT2D eigenvalue weighted by Crippen LogP contribution is -2.02. The Balaban J connectivity index is 2.13. The third-order valence-electron chi connectivity index (χ3n) is 11.0. The number of benzene rings is 2. The summed E-state index contributed by atoms with van der Waals surface area (Å²) in [4.78, 5) is 0. The van der Waals surface area contributed by atoms with Gasteiger partial charge >= 0.3 is 8.25 Å². The van der Waals surface area contributed by atoms with E-state index in [1.54, 1.807) is 0 Å². The summed E-state index contributed by atoms with van der Waals surface area (Å²) in [6.45, 7) is 9.13. The Morgan fingerprint density at radius 1 is 0.365 bits per heavy atom. The van der Waals surface area contributed by atoms with Gasteiger partial charge < -0.3 is 9.05 Å². The molecule has 0 bridgehead atoms. The van der Waals surface area contributed by atoms with Crippen LogP contribution >= 0.6 is 8.25 Å². The van der Waals surface area contributed by atoms with Crippen LogP contribution in [-0.2, 0) is 30.2 Å². The van der Waals surface area contributed by atoms with Gasteiger partial charge in [-0.15, -0.1) is 0 Å². The summed E-state index contributed by atoms with van der Waals surface area (Å²) in [7, 11) is -2.79. The predicted octanol–water partition coefficient (Wildman–Crippen LogP) is 16.7. The number of rotatable bonds is 36. The molecule has 0 saturated heterocycles. The summed E-state index contributed by atoms with van der Waals surface area (Å²) < 4.78 is 26.4. The van der Waals surface area contributed by atoms with E-state index in [9.17, 15) is 4.57 Å². The van der Waals surface area contributed by atoms with Gasteiger partial charge in [0.05, 0.1) is 0 Å². The second-order valence-corrected chi connectivity index (χ2v) is 16.6. The minimum Gasteiger partial charge on any atom is -0.418 e. The first-order chi connectivity index (χ1) is 25.6. The van der Waals surface area contributed by atoms with Gasteiger partial charge in [0, 0.05) is 0 Å². The quantitative estimate of drug-likeness (QED) is 0.0516. The average Bonchev–Trinajstić information content (AvgIpc) is 3.14. The molecule has 0 aliphatic rings. The maximum absolute atomic E-state index is 13.8. The van der Waals surface area contributed by atoms with E-state index in [0.717, 1.165) is 50.0 Å². The highest BCUT2D eigenvalue weighted by Gasteiger charge is 2.16. The van der Waals surface area contributed by atoms with Crippen molar-refractivity contribution in [3.8, 4) is 11.5 Å². The largest absolute Gasteiger partial charge is 0.418 e. The molecule has 0 N–H and O–H groups in total. The lowest BCUT2D eigenvalue weighted by Gasteiger charge is -2.18. The Labute approximate surface area is 324 Å². The van der Waals surface area contributed by atoms with Crippen LogP contribution in [0.5, 0.6) is 11.5 Å². The molecule has 2 rings (SSSR count). The zero-order valence-electron chi connectivity index (χ0n) is 34.8. The van der Waals surface area contributed by atoms with E-state index < -0.39 is 8.25 Å². The normalized spacial score (nSPS) is 11.5. The van der Waals surface area contributed by atoms with E-state index in [-0.39, 0.29) is 0 Å². The Hall–Kier alpha value is -1.73. The molecule has 4 heteroatoms. The Morgan fingerprint density at radius 3 is 0.942 bits per heavy atom. The fourth-order valence-electron chi connectivity index (χ4n) is 7.71. The van der Waals surface area contributed by atoms with E-state index in [0.29, 0.717) is 0 Å².